The van der Waals surface area contributed by atoms with E-state index < -0.39 is 129 Å². The summed E-state index contributed by atoms with van der Waals surface area (Å²) in [4.78, 5) is 0. The normalized spacial score (nSPS) is 52.4. The van der Waals surface area contributed by atoms with Gasteiger partial charge in [0.2, 0.25) is 0 Å². The standard InChI is InChI=1S/C48H82O18/c1-22(2)10-9-14-48(8,66-43-40(60)37(57)34(54)27(64-43)21-61-41-38(58)35(55)32(52)25(19-49)62-41)23-11-16-47(7)31(23)24(51)18-29-45(5)15-13-30(44(3,4)28(45)12-17-46(29,47)6)65-42-39(59)36(56)33(53)26(20-50)63-42/h10,23-43,49-60H,9,11-21H2,1-8H3/t23?,24-,25-,26-,27-,28+,29-,30+,31?,32-,33-,34-,35+,36+,37+,38-,39-,40-,41-,42+,43+,45+,46-,47-,48+/m1/s1. The summed E-state index contributed by atoms with van der Waals surface area (Å²) in [7, 11) is 0. The first kappa shape index (κ1) is 52.8. The fourth-order valence-corrected chi connectivity index (χ4v) is 14.8. The molecular weight excluding hydrogens is 865 g/mol. The minimum absolute atomic E-state index is 0.133. The van der Waals surface area contributed by atoms with Crippen molar-refractivity contribution in [3.63, 3.8) is 0 Å². The predicted molar refractivity (Wildman–Crippen MR) is 234 cm³/mol. The van der Waals surface area contributed by atoms with Gasteiger partial charge in [-0.1, -0.05) is 46.3 Å². The Kier molecular flexibility index (Phi) is 15.7. The van der Waals surface area contributed by atoms with Crippen molar-refractivity contribution in [2.24, 2.45) is 45.3 Å². The van der Waals surface area contributed by atoms with Gasteiger partial charge >= 0.3 is 0 Å². The van der Waals surface area contributed by atoms with E-state index in [1.807, 2.05) is 20.8 Å². The number of ether oxygens (including phenoxy) is 6. The first-order chi connectivity index (χ1) is 30.8. The maximum absolute atomic E-state index is 12.7. The van der Waals surface area contributed by atoms with Crippen LogP contribution in [-0.4, -0.2) is 191 Å². The Hall–Kier alpha value is -0.980. The Morgan fingerprint density at radius 3 is 1.74 bits per heavy atom. The first-order valence-electron chi connectivity index (χ1n) is 24.4. The van der Waals surface area contributed by atoms with Crippen LogP contribution in [0, 0.1) is 45.3 Å². The maximum atomic E-state index is 12.7. The SMILES string of the molecule is CC(C)=CCC[C@](C)(O[C@@H]1O[C@H](CO[C@@H]2O[C@H](CO)[C@@H](O)[C@H](O)[C@H]2O)[C@@H](O)[C@H](O)[C@H]1O)C1CC[C@]2(C)C1[C@H](O)C[C@@H]1[C@@]3(C)CC[C@H](O[C@@H]4O[C@H](CO)[C@@H](O)[C@H](O)[C@H]4O)C(C)(C)[C@@H]3CC[C@]12C. The van der Waals surface area contributed by atoms with Gasteiger partial charge in [0.15, 0.2) is 18.9 Å². The van der Waals surface area contributed by atoms with E-state index in [9.17, 15) is 61.3 Å². The van der Waals surface area contributed by atoms with Gasteiger partial charge in [-0.05, 0) is 124 Å². The first-order valence-corrected chi connectivity index (χ1v) is 24.4. The molecule has 18 heteroatoms. The fraction of sp³-hybridized carbons (Fsp3) is 0.958. The van der Waals surface area contributed by atoms with Crippen molar-refractivity contribution in [1.29, 1.82) is 0 Å². The number of fused-ring (bicyclic) bond motifs is 5. The molecule has 0 aromatic carbocycles. The number of rotatable bonds is 13. The molecule has 0 radical (unpaired) electrons. The van der Waals surface area contributed by atoms with Crippen LogP contribution < -0.4 is 0 Å². The summed E-state index contributed by atoms with van der Waals surface area (Å²) in [6, 6.07) is 0. The lowest BCUT2D eigenvalue weighted by Crippen LogP contribution is -2.67. The second kappa shape index (κ2) is 19.6. The van der Waals surface area contributed by atoms with Crippen LogP contribution in [0.5, 0.6) is 0 Å². The molecule has 4 saturated carbocycles. The zero-order chi connectivity index (χ0) is 48.6. The van der Waals surface area contributed by atoms with Gasteiger partial charge in [0.05, 0.1) is 37.6 Å². The molecular formula is C48H82O18. The molecule has 2 unspecified atom stereocenters. The molecule has 18 nitrogen and oxygen atoms in total. The second-order valence-electron chi connectivity index (χ2n) is 22.9. The van der Waals surface area contributed by atoms with E-state index in [1.54, 1.807) is 0 Å². The molecule has 3 saturated heterocycles. The third kappa shape index (κ3) is 8.90. The molecule has 3 heterocycles. The molecule has 0 spiro atoms. The molecule has 12 N–H and O–H groups in total. The molecule has 382 valence electrons. The number of hydrogen-bond donors (Lipinski definition) is 12. The summed E-state index contributed by atoms with van der Waals surface area (Å²) in [5.41, 5.74) is -1.06. The van der Waals surface area contributed by atoms with E-state index in [2.05, 4.69) is 40.7 Å². The van der Waals surface area contributed by atoms with Crippen molar-refractivity contribution in [1.82, 2.24) is 0 Å². The topological polar surface area (TPSA) is 298 Å². The highest BCUT2D eigenvalue weighted by molar-refractivity contribution is 5.20. The number of hydrogen-bond acceptors (Lipinski definition) is 18. The van der Waals surface area contributed by atoms with Crippen molar-refractivity contribution in [3.05, 3.63) is 11.6 Å². The molecule has 7 fully saturated rings. The highest BCUT2D eigenvalue weighted by Crippen LogP contribution is 2.76. The third-order valence-corrected chi connectivity index (χ3v) is 18.8. The quantitative estimate of drug-likeness (QED) is 0.0853. The van der Waals surface area contributed by atoms with Crippen LogP contribution >= 0.6 is 0 Å². The second-order valence-corrected chi connectivity index (χ2v) is 22.9. The smallest absolute Gasteiger partial charge is 0.187 e. The van der Waals surface area contributed by atoms with Crippen molar-refractivity contribution < 1.29 is 89.7 Å². The van der Waals surface area contributed by atoms with Crippen molar-refractivity contribution in [2.75, 3.05) is 19.8 Å². The van der Waals surface area contributed by atoms with Gasteiger partial charge in [-0.25, -0.2) is 0 Å². The van der Waals surface area contributed by atoms with E-state index in [0.717, 1.165) is 31.3 Å². The van der Waals surface area contributed by atoms with Crippen LogP contribution in [0.2, 0.25) is 0 Å². The summed E-state index contributed by atoms with van der Waals surface area (Å²) in [6.07, 6.45) is -14.9. The lowest BCUT2D eigenvalue weighted by molar-refractivity contribution is -0.350. The minimum atomic E-state index is -1.72. The molecule has 3 aliphatic heterocycles. The van der Waals surface area contributed by atoms with Crippen LogP contribution in [0.4, 0.5) is 0 Å². The van der Waals surface area contributed by atoms with Crippen molar-refractivity contribution >= 4 is 0 Å². The van der Waals surface area contributed by atoms with E-state index in [4.69, 9.17) is 28.4 Å². The Morgan fingerprint density at radius 2 is 1.15 bits per heavy atom. The zero-order valence-corrected chi connectivity index (χ0v) is 40.0. The Bertz CT molecular complexity index is 1680. The third-order valence-electron chi connectivity index (χ3n) is 18.8. The van der Waals surface area contributed by atoms with Crippen molar-refractivity contribution in [3.8, 4) is 0 Å². The summed E-state index contributed by atoms with van der Waals surface area (Å²) in [6.45, 7) is 15.8. The number of aliphatic hydroxyl groups is 12. The molecule has 4 aliphatic carbocycles. The Labute approximate surface area is 388 Å². The molecule has 66 heavy (non-hydrogen) atoms. The fourth-order valence-electron chi connectivity index (χ4n) is 14.8. The molecule has 0 aromatic rings. The van der Waals surface area contributed by atoms with E-state index >= 15 is 0 Å². The molecule has 0 bridgehead atoms. The van der Waals surface area contributed by atoms with Gasteiger partial charge in [-0.3, -0.25) is 0 Å². The maximum Gasteiger partial charge on any atom is 0.187 e. The van der Waals surface area contributed by atoms with Crippen molar-refractivity contribution in [2.45, 2.75) is 223 Å². The van der Waals surface area contributed by atoms with Gasteiger partial charge in [0.25, 0.3) is 0 Å². The van der Waals surface area contributed by atoms with Crippen LogP contribution in [0.3, 0.4) is 0 Å². The summed E-state index contributed by atoms with van der Waals surface area (Å²) in [5, 5.41) is 129. The lowest BCUT2D eigenvalue weighted by atomic mass is 9.35. The van der Waals surface area contributed by atoms with Gasteiger partial charge in [0, 0.05) is 0 Å². The number of aliphatic hydroxyl groups excluding tert-OH is 12. The van der Waals surface area contributed by atoms with Crippen LogP contribution in [0.15, 0.2) is 11.6 Å². The molecule has 0 aromatic heterocycles. The molecule has 7 rings (SSSR count). The molecule has 25 atom stereocenters. The summed E-state index contributed by atoms with van der Waals surface area (Å²) in [5.74, 6) is -0.128. The molecule has 7 aliphatic rings. The Balaban J connectivity index is 1.11. The predicted octanol–water partition coefficient (Wildman–Crippen LogP) is -0.0268. The monoisotopic (exact) mass is 947 g/mol. The van der Waals surface area contributed by atoms with Crippen LogP contribution in [0.25, 0.3) is 0 Å². The van der Waals surface area contributed by atoms with Crippen LogP contribution in [-0.2, 0) is 28.4 Å². The minimum Gasteiger partial charge on any atom is -0.394 e. The lowest BCUT2D eigenvalue weighted by Gasteiger charge is -2.71. The summed E-state index contributed by atoms with van der Waals surface area (Å²) < 4.78 is 36.6. The highest BCUT2D eigenvalue weighted by Gasteiger charge is 2.72. The summed E-state index contributed by atoms with van der Waals surface area (Å²) >= 11 is 0. The van der Waals surface area contributed by atoms with Gasteiger partial charge < -0.3 is 89.7 Å². The van der Waals surface area contributed by atoms with E-state index in [-0.39, 0.29) is 46.0 Å². The average Bonchev–Trinajstić information content (AvgIpc) is 3.65. The van der Waals surface area contributed by atoms with E-state index in [1.165, 1.54) is 0 Å². The van der Waals surface area contributed by atoms with Crippen LogP contribution in [0.1, 0.15) is 113 Å². The number of allylic oxidation sites excluding steroid dienone is 2. The van der Waals surface area contributed by atoms with Gasteiger partial charge in [0.1, 0.15) is 73.2 Å². The van der Waals surface area contributed by atoms with Gasteiger partial charge in [-0.15, -0.1) is 0 Å². The zero-order valence-electron chi connectivity index (χ0n) is 40.0. The average molecular weight is 947 g/mol. The van der Waals surface area contributed by atoms with Gasteiger partial charge in [-0.2, -0.15) is 0 Å². The highest BCUT2D eigenvalue weighted by atomic mass is 16.7. The Morgan fingerprint density at radius 1 is 0.621 bits per heavy atom. The van der Waals surface area contributed by atoms with E-state index in [0.29, 0.717) is 32.1 Å². The largest absolute Gasteiger partial charge is 0.394 e. The molecule has 0 amide bonds.